The van der Waals surface area contributed by atoms with Crippen LogP contribution in [0.3, 0.4) is 0 Å². The number of carbonyl (C=O) groups excluding carboxylic acids is 1. The molecule has 1 aromatic carbocycles. The maximum atomic E-state index is 13.5. The molecule has 0 saturated heterocycles. The van der Waals surface area contributed by atoms with Crippen LogP contribution in [0.4, 0.5) is 0 Å². The number of aliphatic hydroxyl groups excluding tert-OH is 1. The first-order valence-corrected chi connectivity index (χ1v) is 12.7. The minimum Gasteiger partial charge on any atom is -0.393 e. The summed E-state index contributed by atoms with van der Waals surface area (Å²) in [7, 11) is 0. The van der Waals surface area contributed by atoms with E-state index in [0.29, 0.717) is 17.6 Å². The Hall–Kier alpha value is -1.93. The van der Waals surface area contributed by atoms with E-state index in [1.807, 2.05) is 0 Å². The molecule has 1 saturated carbocycles. The van der Waals surface area contributed by atoms with Crippen LogP contribution >= 0.6 is 0 Å². The van der Waals surface area contributed by atoms with E-state index in [4.69, 9.17) is 0 Å². The van der Waals surface area contributed by atoms with Gasteiger partial charge in [-0.2, -0.15) is 0 Å². The zero-order chi connectivity index (χ0) is 23.0. The topological polar surface area (TPSA) is 37.3 Å². The Bertz CT molecular complexity index is 930. The quantitative estimate of drug-likeness (QED) is 0.516. The van der Waals surface area contributed by atoms with Gasteiger partial charge in [-0.1, -0.05) is 75.2 Å². The van der Waals surface area contributed by atoms with Gasteiger partial charge in [0.2, 0.25) is 0 Å². The fourth-order valence-electron chi connectivity index (χ4n) is 6.33. The number of hydrogen-bond acceptors (Lipinski definition) is 2. The number of rotatable bonds is 7. The molecule has 32 heavy (non-hydrogen) atoms. The van der Waals surface area contributed by atoms with Crippen molar-refractivity contribution in [2.24, 2.45) is 29.6 Å². The molecule has 1 aromatic rings. The lowest BCUT2D eigenvalue weighted by Crippen LogP contribution is -2.33. The van der Waals surface area contributed by atoms with E-state index in [9.17, 15) is 9.90 Å². The van der Waals surface area contributed by atoms with Crippen molar-refractivity contribution in [3.8, 4) is 0 Å². The summed E-state index contributed by atoms with van der Waals surface area (Å²) < 4.78 is 0. The van der Waals surface area contributed by atoms with Crippen LogP contribution < -0.4 is 0 Å². The summed E-state index contributed by atoms with van der Waals surface area (Å²) in [5.74, 6) is 1.42. The highest BCUT2D eigenvalue weighted by Gasteiger charge is 2.44. The van der Waals surface area contributed by atoms with E-state index in [1.165, 1.54) is 27.8 Å². The first-order chi connectivity index (χ1) is 15.3. The van der Waals surface area contributed by atoms with Gasteiger partial charge in [-0.15, -0.1) is 0 Å². The Labute approximate surface area is 194 Å². The molecule has 0 amide bonds. The molecular weight excluding hydrogens is 392 g/mol. The summed E-state index contributed by atoms with van der Waals surface area (Å²) >= 11 is 0. The summed E-state index contributed by atoms with van der Waals surface area (Å²) in [5, 5.41) is 10.5. The van der Waals surface area contributed by atoms with Crippen LogP contribution in [-0.2, 0) is 11.2 Å². The molecule has 0 bridgehead atoms. The molecule has 2 heteroatoms. The number of Topliss-reactive ketones (excluding diaryl/α,β-unsaturated/α-hetero) is 1. The van der Waals surface area contributed by atoms with Crippen LogP contribution in [0.1, 0.15) is 70.4 Å². The van der Waals surface area contributed by atoms with E-state index < -0.39 is 0 Å². The molecule has 3 aliphatic carbocycles. The largest absolute Gasteiger partial charge is 0.393 e. The molecule has 2 nitrogen and oxygen atoms in total. The van der Waals surface area contributed by atoms with Gasteiger partial charge in [-0.25, -0.2) is 0 Å². The van der Waals surface area contributed by atoms with Gasteiger partial charge in [0.15, 0.2) is 0 Å². The number of carbonyl (C=O) groups is 1. The van der Waals surface area contributed by atoms with E-state index >= 15 is 0 Å². The third-order valence-corrected chi connectivity index (χ3v) is 8.07. The first-order valence-electron chi connectivity index (χ1n) is 12.7. The highest BCUT2D eigenvalue weighted by atomic mass is 16.3. The van der Waals surface area contributed by atoms with Crippen molar-refractivity contribution in [1.29, 1.82) is 0 Å². The Morgan fingerprint density at radius 1 is 1.06 bits per heavy atom. The van der Waals surface area contributed by atoms with Crippen LogP contribution in [0.2, 0.25) is 0 Å². The average molecular weight is 433 g/mol. The van der Waals surface area contributed by atoms with Gasteiger partial charge in [0.05, 0.1) is 6.10 Å². The molecule has 1 N–H and O–H groups in total. The number of hydrogen-bond donors (Lipinski definition) is 1. The number of aryl methyl sites for hydroxylation is 1. The monoisotopic (exact) mass is 432 g/mol. The second-order valence-electron chi connectivity index (χ2n) is 10.9. The molecule has 0 radical (unpaired) electrons. The number of allylic oxidation sites excluding steroid dienone is 5. The normalized spacial score (nSPS) is 30.3. The summed E-state index contributed by atoms with van der Waals surface area (Å²) in [6.45, 7) is 13.2. The Morgan fingerprint density at radius 2 is 1.78 bits per heavy atom. The van der Waals surface area contributed by atoms with Gasteiger partial charge in [0.25, 0.3) is 0 Å². The molecule has 0 aliphatic heterocycles. The highest BCUT2D eigenvalue weighted by molar-refractivity contribution is 5.93. The Balaban J connectivity index is 1.74. The fourth-order valence-corrected chi connectivity index (χ4v) is 6.33. The third-order valence-electron chi connectivity index (χ3n) is 8.07. The third kappa shape index (κ3) is 4.44. The van der Waals surface area contributed by atoms with Gasteiger partial charge in [0, 0.05) is 17.8 Å². The second kappa shape index (κ2) is 9.51. The lowest BCUT2D eigenvalue weighted by Gasteiger charge is -2.34. The molecule has 3 aliphatic rings. The molecule has 172 valence electrons. The predicted molar refractivity (Wildman–Crippen MR) is 132 cm³/mol. The first kappa shape index (κ1) is 23.2. The standard InChI is InChI=1S/C30H40O2/c1-6-24-20(5)29-25(15-21-12-10-19(4)11-13-21)23(16-22-8-7-9-28(22)31)17-26(29)27(30(24)32)14-18(2)3/h10-13,17-18,22,24-25,27-28,31H,5-9,14-16H2,1-4H3. The van der Waals surface area contributed by atoms with Crippen molar-refractivity contribution in [3.05, 3.63) is 70.3 Å². The van der Waals surface area contributed by atoms with Crippen molar-refractivity contribution < 1.29 is 9.90 Å². The SMILES string of the molecule is C=C1C2=C(C=C(CC3CCCC3O)C2Cc2ccc(C)cc2)C(CC(C)C)C(=O)C1CC. The van der Waals surface area contributed by atoms with Crippen molar-refractivity contribution in [2.75, 3.05) is 0 Å². The lowest BCUT2D eigenvalue weighted by atomic mass is 9.68. The minimum atomic E-state index is -0.187. The van der Waals surface area contributed by atoms with Crippen molar-refractivity contribution in [2.45, 2.75) is 78.7 Å². The molecule has 5 atom stereocenters. The van der Waals surface area contributed by atoms with Gasteiger partial charge in [0.1, 0.15) is 5.78 Å². The van der Waals surface area contributed by atoms with Gasteiger partial charge < -0.3 is 5.11 Å². The zero-order valence-electron chi connectivity index (χ0n) is 20.4. The van der Waals surface area contributed by atoms with Gasteiger partial charge in [-0.3, -0.25) is 4.79 Å². The van der Waals surface area contributed by atoms with Gasteiger partial charge in [-0.05, 0) is 79.6 Å². The molecule has 0 aromatic heterocycles. The van der Waals surface area contributed by atoms with E-state index in [-0.39, 0.29) is 23.9 Å². The summed E-state index contributed by atoms with van der Waals surface area (Å²) in [6.07, 6.45) is 8.96. The predicted octanol–water partition coefficient (Wildman–Crippen LogP) is 6.77. The smallest absolute Gasteiger partial charge is 0.147 e. The number of benzene rings is 1. The molecule has 0 heterocycles. The molecule has 5 unspecified atom stereocenters. The van der Waals surface area contributed by atoms with Gasteiger partial charge >= 0.3 is 0 Å². The van der Waals surface area contributed by atoms with Crippen LogP contribution in [-0.4, -0.2) is 17.0 Å². The molecule has 1 fully saturated rings. The minimum absolute atomic E-state index is 0.00744. The fraction of sp³-hybridized carbons (Fsp3) is 0.567. The average Bonchev–Trinajstić information content (AvgIpc) is 3.31. The maximum Gasteiger partial charge on any atom is 0.147 e. The highest BCUT2D eigenvalue weighted by Crippen LogP contribution is 2.51. The molecular formula is C30H40O2. The second-order valence-corrected chi connectivity index (χ2v) is 10.9. The van der Waals surface area contributed by atoms with Crippen LogP contribution in [0, 0.1) is 36.5 Å². The van der Waals surface area contributed by atoms with Crippen molar-refractivity contribution in [1.82, 2.24) is 0 Å². The van der Waals surface area contributed by atoms with Crippen molar-refractivity contribution >= 4 is 5.78 Å². The van der Waals surface area contributed by atoms with E-state index in [0.717, 1.165) is 50.5 Å². The number of aliphatic hydroxyl groups is 1. The summed E-state index contributed by atoms with van der Waals surface area (Å²) in [5.41, 5.74) is 7.69. The molecule has 4 rings (SSSR count). The lowest BCUT2D eigenvalue weighted by molar-refractivity contribution is -0.125. The maximum absolute atomic E-state index is 13.5. The zero-order valence-corrected chi connectivity index (χ0v) is 20.4. The van der Waals surface area contributed by atoms with E-state index in [2.05, 4.69) is 64.6 Å². The Kier molecular flexibility index (Phi) is 6.91. The summed E-state index contributed by atoms with van der Waals surface area (Å²) in [6, 6.07) is 8.88. The number of ketones is 1. The summed E-state index contributed by atoms with van der Waals surface area (Å²) in [4.78, 5) is 13.5. The van der Waals surface area contributed by atoms with E-state index in [1.54, 1.807) is 0 Å². The van der Waals surface area contributed by atoms with Crippen LogP contribution in [0.15, 0.2) is 59.2 Å². The van der Waals surface area contributed by atoms with Crippen LogP contribution in [0.25, 0.3) is 0 Å². The van der Waals surface area contributed by atoms with Crippen LogP contribution in [0.5, 0.6) is 0 Å². The van der Waals surface area contributed by atoms with Crippen molar-refractivity contribution in [3.63, 3.8) is 0 Å². The molecule has 0 spiro atoms. The Morgan fingerprint density at radius 3 is 2.38 bits per heavy atom.